The molecule has 0 fully saturated rings. The number of halogens is 2. The largest absolute Gasteiger partial charge is 0.331 e. The lowest BCUT2D eigenvalue weighted by molar-refractivity contribution is -0.116. The van der Waals surface area contributed by atoms with Crippen LogP contribution in [0.2, 0.25) is 10.0 Å². The van der Waals surface area contributed by atoms with Crippen LogP contribution in [0.5, 0.6) is 0 Å². The van der Waals surface area contributed by atoms with E-state index in [9.17, 15) is 14.4 Å². The van der Waals surface area contributed by atoms with E-state index in [1.54, 1.807) is 12.1 Å². The van der Waals surface area contributed by atoms with E-state index in [0.29, 0.717) is 22.3 Å². The van der Waals surface area contributed by atoms with Crippen LogP contribution in [0.3, 0.4) is 0 Å². The Labute approximate surface area is 164 Å². The first-order chi connectivity index (χ1) is 12.9. The van der Waals surface area contributed by atoms with Crippen molar-refractivity contribution < 1.29 is 4.79 Å². The lowest BCUT2D eigenvalue weighted by atomic mass is 10.2. The van der Waals surface area contributed by atoms with Crippen molar-refractivity contribution in [3.63, 3.8) is 0 Å². The quantitative estimate of drug-likeness (QED) is 0.711. The fourth-order valence-corrected chi connectivity index (χ4v) is 2.87. The zero-order valence-corrected chi connectivity index (χ0v) is 15.6. The summed E-state index contributed by atoms with van der Waals surface area (Å²) in [6, 6.07) is 15.2. The lowest BCUT2D eigenvalue weighted by Crippen LogP contribution is -2.41. The first-order valence-electron chi connectivity index (χ1n) is 8.03. The molecule has 0 bridgehead atoms. The standard InChI is InChI=1S/C19H15Cl2N3O3/c20-14-6-7-15(21)16(10-14)22-17(25)12-24-18(26)8-9-23(19(24)27)11-13-4-2-1-3-5-13/h1-10H,11-12H2,(H,22,25). The zero-order valence-electron chi connectivity index (χ0n) is 14.1. The molecule has 1 aromatic heterocycles. The van der Waals surface area contributed by atoms with Gasteiger partial charge in [0, 0.05) is 17.3 Å². The van der Waals surface area contributed by atoms with Gasteiger partial charge in [0.05, 0.1) is 17.3 Å². The SMILES string of the molecule is O=C(Cn1c(=O)ccn(Cc2ccccc2)c1=O)Nc1cc(Cl)ccc1Cl. The summed E-state index contributed by atoms with van der Waals surface area (Å²) in [6.07, 6.45) is 1.42. The van der Waals surface area contributed by atoms with Gasteiger partial charge in [-0.1, -0.05) is 53.5 Å². The highest BCUT2D eigenvalue weighted by Crippen LogP contribution is 2.25. The molecule has 0 saturated carbocycles. The number of hydrogen-bond donors (Lipinski definition) is 1. The number of carbonyl (C=O) groups excluding carboxylic acids is 1. The topological polar surface area (TPSA) is 73.1 Å². The third kappa shape index (κ3) is 4.67. The number of anilines is 1. The highest BCUT2D eigenvalue weighted by Gasteiger charge is 2.12. The van der Waals surface area contributed by atoms with Crippen LogP contribution in [-0.2, 0) is 17.9 Å². The Kier molecular flexibility index (Phi) is 5.78. The van der Waals surface area contributed by atoms with Crippen LogP contribution in [0.15, 0.2) is 70.4 Å². The number of aromatic nitrogens is 2. The van der Waals surface area contributed by atoms with Gasteiger partial charge < -0.3 is 5.32 Å². The molecule has 1 N–H and O–H groups in total. The summed E-state index contributed by atoms with van der Waals surface area (Å²) in [7, 11) is 0. The predicted octanol–water partition coefficient (Wildman–Crippen LogP) is 3.00. The molecule has 1 amide bonds. The van der Waals surface area contributed by atoms with E-state index in [1.165, 1.54) is 22.9 Å². The number of carbonyl (C=O) groups is 1. The minimum absolute atomic E-state index is 0.293. The molecular weight excluding hydrogens is 389 g/mol. The third-order valence-corrected chi connectivity index (χ3v) is 4.40. The highest BCUT2D eigenvalue weighted by atomic mass is 35.5. The van der Waals surface area contributed by atoms with Gasteiger partial charge in [0.1, 0.15) is 6.54 Å². The molecule has 0 unspecified atom stereocenters. The van der Waals surface area contributed by atoms with E-state index in [2.05, 4.69) is 5.32 Å². The molecule has 0 aliphatic carbocycles. The zero-order chi connectivity index (χ0) is 19.4. The summed E-state index contributed by atoms with van der Waals surface area (Å²) in [5.74, 6) is -0.559. The second kappa shape index (κ2) is 8.24. The van der Waals surface area contributed by atoms with Gasteiger partial charge >= 0.3 is 5.69 Å². The predicted molar refractivity (Wildman–Crippen MR) is 106 cm³/mol. The molecule has 8 heteroatoms. The normalized spacial score (nSPS) is 10.6. The fraction of sp³-hybridized carbons (Fsp3) is 0.105. The average Bonchev–Trinajstić information content (AvgIpc) is 2.65. The Morgan fingerprint density at radius 3 is 2.48 bits per heavy atom. The molecule has 0 spiro atoms. The molecule has 6 nitrogen and oxygen atoms in total. The van der Waals surface area contributed by atoms with Crippen LogP contribution < -0.4 is 16.6 Å². The van der Waals surface area contributed by atoms with Crippen molar-refractivity contribution in [2.45, 2.75) is 13.1 Å². The minimum Gasteiger partial charge on any atom is -0.323 e. The van der Waals surface area contributed by atoms with E-state index >= 15 is 0 Å². The molecule has 1 heterocycles. The monoisotopic (exact) mass is 403 g/mol. The average molecular weight is 404 g/mol. The van der Waals surface area contributed by atoms with Crippen LogP contribution in [0.25, 0.3) is 0 Å². The molecule has 0 aliphatic rings. The summed E-state index contributed by atoms with van der Waals surface area (Å²) >= 11 is 11.9. The molecule has 0 radical (unpaired) electrons. The molecular formula is C19H15Cl2N3O3. The maximum absolute atomic E-state index is 12.6. The van der Waals surface area contributed by atoms with E-state index in [0.717, 1.165) is 10.1 Å². The van der Waals surface area contributed by atoms with E-state index in [4.69, 9.17) is 23.2 Å². The Balaban J connectivity index is 1.83. The first kappa shape index (κ1) is 18.9. The molecule has 3 rings (SSSR count). The van der Waals surface area contributed by atoms with Gasteiger partial charge in [0.15, 0.2) is 0 Å². The molecule has 0 saturated heterocycles. The van der Waals surface area contributed by atoms with E-state index in [-0.39, 0.29) is 0 Å². The van der Waals surface area contributed by atoms with Crippen molar-refractivity contribution in [1.29, 1.82) is 0 Å². The van der Waals surface area contributed by atoms with Crippen LogP contribution in [0.1, 0.15) is 5.56 Å². The van der Waals surface area contributed by atoms with Crippen molar-refractivity contribution in [1.82, 2.24) is 9.13 Å². The molecule has 138 valence electrons. The summed E-state index contributed by atoms with van der Waals surface area (Å²) < 4.78 is 2.24. The van der Waals surface area contributed by atoms with E-state index < -0.39 is 23.7 Å². The van der Waals surface area contributed by atoms with Crippen LogP contribution >= 0.6 is 23.2 Å². The van der Waals surface area contributed by atoms with Crippen molar-refractivity contribution in [3.05, 3.63) is 97.2 Å². The van der Waals surface area contributed by atoms with Crippen molar-refractivity contribution in [2.75, 3.05) is 5.32 Å². The van der Waals surface area contributed by atoms with Gasteiger partial charge in [0.2, 0.25) is 5.91 Å². The summed E-state index contributed by atoms with van der Waals surface area (Å²) in [5.41, 5.74) is 0.0815. The minimum atomic E-state index is -0.571. The van der Waals surface area contributed by atoms with Crippen LogP contribution in [0, 0.1) is 0 Å². The third-order valence-electron chi connectivity index (χ3n) is 3.84. The van der Waals surface area contributed by atoms with Gasteiger partial charge in [-0.3, -0.25) is 18.7 Å². The Morgan fingerprint density at radius 1 is 1.00 bits per heavy atom. The molecule has 2 aromatic carbocycles. The molecule has 27 heavy (non-hydrogen) atoms. The fourth-order valence-electron chi connectivity index (χ4n) is 2.53. The summed E-state index contributed by atoms with van der Waals surface area (Å²) in [4.78, 5) is 37.0. The number of rotatable bonds is 5. The summed E-state index contributed by atoms with van der Waals surface area (Å²) in [6.45, 7) is -0.141. The van der Waals surface area contributed by atoms with Crippen LogP contribution in [0.4, 0.5) is 5.69 Å². The van der Waals surface area contributed by atoms with Crippen molar-refractivity contribution in [3.8, 4) is 0 Å². The number of hydrogen-bond acceptors (Lipinski definition) is 3. The summed E-state index contributed by atoms with van der Waals surface area (Å²) in [5, 5.41) is 3.26. The maximum atomic E-state index is 12.6. The van der Waals surface area contributed by atoms with Gasteiger partial charge in [-0.2, -0.15) is 0 Å². The highest BCUT2D eigenvalue weighted by molar-refractivity contribution is 6.35. The van der Waals surface area contributed by atoms with Crippen LogP contribution in [-0.4, -0.2) is 15.0 Å². The second-order valence-electron chi connectivity index (χ2n) is 5.81. The number of nitrogens with one attached hydrogen (secondary N) is 1. The molecule has 0 atom stereocenters. The van der Waals surface area contributed by atoms with Crippen molar-refractivity contribution >= 4 is 34.8 Å². The Hall–Kier alpha value is -2.83. The lowest BCUT2D eigenvalue weighted by Gasteiger charge is -2.11. The van der Waals surface area contributed by atoms with Gasteiger partial charge in [-0.25, -0.2) is 4.79 Å². The van der Waals surface area contributed by atoms with E-state index in [1.807, 2.05) is 30.3 Å². The maximum Gasteiger partial charge on any atom is 0.331 e. The van der Waals surface area contributed by atoms with Crippen molar-refractivity contribution in [2.24, 2.45) is 0 Å². The Morgan fingerprint density at radius 2 is 1.74 bits per heavy atom. The number of benzene rings is 2. The first-order valence-corrected chi connectivity index (χ1v) is 8.79. The molecule has 0 aliphatic heterocycles. The van der Waals surface area contributed by atoms with Gasteiger partial charge in [-0.15, -0.1) is 0 Å². The molecule has 3 aromatic rings. The second-order valence-corrected chi connectivity index (χ2v) is 6.65. The van der Waals surface area contributed by atoms with Gasteiger partial charge in [-0.05, 0) is 23.8 Å². The smallest absolute Gasteiger partial charge is 0.323 e. The number of nitrogens with zero attached hydrogens (tertiary/aromatic N) is 2. The Bertz CT molecular complexity index is 1090. The van der Waals surface area contributed by atoms with Gasteiger partial charge in [0.25, 0.3) is 5.56 Å². The number of amides is 1.